The number of Topliss-reactive ketones (excluding diaryl/α,β-unsaturated/α-hetero) is 2. The highest BCUT2D eigenvalue weighted by molar-refractivity contribution is 6.30. The molecule has 0 aliphatic carbocycles. The Kier molecular flexibility index (Phi) is 6.91. The number of nitrogens with one attached hydrogen (secondary N) is 1. The van der Waals surface area contributed by atoms with Gasteiger partial charge >= 0.3 is 6.09 Å². The fourth-order valence-corrected chi connectivity index (χ4v) is 5.37. The van der Waals surface area contributed by atoms with Crippen molar-refractivity contribution >= 4 is 35.1 Å². The molecule has 0 radical (unpaired) electrons. The Balaban J connectivity index is 1.55. The summed E-state index contributed by atoms with van der Waals surface area (Å²) in [5.41, 5.74) is 0.269. The van der Waals surface area contributed by atoms with E-state index in [1.54, 1.807) is 24.4 Å². The lowest BCUT2D eigenvalue weighted by atomic mass is 9.72. The maximum Gasteiger partial charge on any atom is 0.407 e. The highest BCUT2D eigenvalue weighted by atomic mass is 35.5. The number of anilines is 1. The van der Waals surface area contributed by atoms with Gasteiger partial charge in [-0.2, -0.15) is 0 Å². The number of rotatable bonds is 6. The van der Waals surface area contributed by atoms with Gasteiger partial charge in [-0.1, -0.05) is 23.7 Å². The molecule has 2 aromatic rings. The van der Waals surface area contributed by atoms with Gasteiger partial charge in [-0.25, -0.2) is 9.78 Å². The van der Waals surface area contributed by atoms with Crippen LogP contribution >= 0.6 is 11.6 Å². The zero-order valence-corrected chi connectivity index (χ0v) is 20.1. The summed E-state index contributed by atoms with van der Waals surface area (Å²) in [5.74, 6) is 0.134. The van der Waals surface area contributed by atoms with Crippen LogP contribution in [0.1, 0.15) is 41.6 Å². The fraction of sp³-hybridized carbons (Fsp3) is 0.440. The molecule has 0 spiro atoms. The molecule has 2 aliphatic rings. The normalized spacial score (nSPS) is 23.0. The van der Waals surface area contributed by atoms with E-state index in [2.05, 4.69) is 15.2 Å². The fourth-order valence-electron chi connectivity index (χ4n) is 5.24. The van der Waals surface area contributed by atoms with Crippen LogP contribution in [0, 0.1) is 5.92 Å². The predicted octanol–water partition coefficient (Wildman–Crippen LogP) is 3.46. The third kappa shape index (κ3) is 4.40. The Labute approximate surface area is 203 Å². The molecule has 1 amide bonds. The van der Waals surface area contributed by atoms with Gasteiger partial charge in [0, 0.05) is 61.8 Å². The van der Waals surface area contributed by atoms with Crippen molar-refractivity contribution in [3.63, 3.8) is 0 Å². The van der Waals surface area contributed by atoms with Crippen LogP contribution in [-0.2, 0) is 4.79 Å². The third-order valence-corrected chi connectivity index (χ3v) is 7.50. The minimum atomic E-state index is -1.19. The smallest absolute Gasteiger partial charge is 0.407 e. The van der Waals surface area contributed by atoms with Crippen molar-refractivity contribution in [2.75, 3.05) is 38.1 Å². The van der Waals surface area contributed by atoms with E-state index >= 15 is 0 Å². The number of benzene rings is 1. The molecule has 0 bridgehead atoms. The number of halogens is 1. The largest absolute Gasteiger partial charge is 0.465 e. The van der Waals surface area contributed by atoms with Crippen LogP contribution < -0.4 is 10.2 Å². The number of carbonyl (C=O) groups excluding carboxylic acids is 2. The molecule has 1 aromatic carbocycles. The molecule has 180 valence electrons. The molecule has 2 atom stereocenters. The second-order valence-corrected chi connectivity index (χ2v) is 9.52. The van der Waals surface area contributed by atoms with Crippen molar-refractivity contribution in [2.24, 2.45) is 5.92 Å². The minimum Gasteiger partial charge on any atom is -0.465 e. The number of carboxylic acid groups (broad SMARTS) is 1. The number of carbonyl (C=O) groups is 3. The second kappa shape index (κ2) is 9.72. The van der Waals surface area contributed by atoms with E-state index in [1.807, 2.05) is 18.2 Å². The molecule has 3 heterocycles. The number of ketones is 2. The van der Waals surface area contributed by atoms with E-state index < -0.39 is 11.6 Å². The average molecular weight is 485 g/mol. The van der Waals surface area contributed by atoms with E-state index in [1.165, 1.54) is 18.9 Å². The van der Waals surface area contributed by atoms with Gasteiger partial charge in [0.25, 0.3) is 0 Å². The molecule has 4 rings (SSSR count). The summed E-state index contributed by atoms with van der Waals surface area (Å²) in [4.78, 5) is 45.4. The molecule has 0 saturated carbocycles. The summed E-state index contributed by atoms with van der Waals surface area (Å²) in [6.45, 7) is 3.56. The highest BCUT2D eigenvalue weighted by Crippen LogP contribution is 2.41. The first-order valence-corrected chi connectivity index (χ1v) is 11.8. The standard InChI is InChI=1S/C25H29ClN4O4/c1-16(31)19-5-8-22(28-13-19)30-11-9-18(10-12-30)23(32)25(29(2)24(33)34)15-27-14-21(25)17-3-6-20(26)7-4-17/h3-8,13,18,21,27H,9-12,14-15H2,1-2H3,(H,33,34)/t21-,25+/m0/s1. The lowest BCUT2D eigenvalue weighted by Gasteiger charge is -2.43. The van der Waals surface area contributed by atoms with Crippen molar-refractivity contribution < 1.29 is 19.5 Å². The van der Waals surface area contributed by atoms with Crippen LogP contribution in [0.5, 0.6) is 0 Å². The molecule has 0 unspecified atom stereocenters. The summed E-state index contributed by atoms with van der Waals surface area (Å²) in [5, 5.41) is 13.8. The molecular weight excluding hydrogens is 456 g/mol. The van der Waals surface area contributed by atoms with Gasteiger partial charge in [0.05, 0.1) is 0 Å². The van der Waals surface area contributed by atoms with E-state index in [-0.39, 0.29) is 29.9 Å². The van der Waals surface area contributed by atoms with Gasteiger partial charge in [-0.3, -0.25) is 14.5 Å². The Morgan fingerprint density at radius 1 is 1.15 bits per heavy atom. The zero-order chi connectivity index (χ0) is 24.5. The average Bonchev–Trinajstić information content (AvgIpc) is 3.29. The number of piperidine rings is 1. The van der Waals surface area contributed by atoms with Gasteiger partial charge in [0.1, 0.15) is 11.4 Å². The summed E-state index contributed by atoms with van der Waals surface area (Å²) in [6, 6.07) is 10.9. The Morgan fingerprint density at radius 2 is 1.82 bits per heavy atom. The number of amides is 1. The number of likely N-dealkylation sites (N-methyl/N-ethyl adjacent to an activating group) is 1. The number of aromatic nitrogens is 1. The Hall–Kier alpha value is -2.97. The van der Waals surface area contributed by atoms with Crippen molar-refractivity contribution in [2.45, 2.75) is 31.2 Å². The van der Waals surface area contributed by atoms with Crippen LogP contribution in [0.25, 0.3) is 0 Å². The first kappa shape index (κ1) is 24.2. The summed E-state index contributed by atoms with van der Waals surface area (Å²) in [6.07, 6.45) is 1.67. The molecule has 2 N–H and O–H groups in total. The zero-order valence-electron chi connectivity index (χ0n) is 19.3. The van der Waals surface area contributed by atoms with Gasteiger partial charge in [-0.15, -0.1) is 0 Å². The van der Waals surface area contributed by atoms with E-state index in [0.717, 1.165) is 11.4 Å². The van der Waals surface area contributed by atoms with E-state index in [9.17, 15) is 19.5 Å². The van der Waals surface area contributed by atoms with Crippen LogP contribution in [0.15, 0.2) is 42.6 Å². The predicted molar refractivity (Wildman–Crippen MR) is 130 cm³/mol. The molecule has 2 aliphatic heterocycles. The van der Waals surface area contributed by atoms with Crippen LogP contribution in [-0.4, -0.2) is 71.4 Å². The third-order valence-electron chi connectivity index (χ3n) is 7.25. The molecule has 1 aromatic heterocycles. The topological polar surface area (TPSA) is 103 Å². The Morgan fingerprint density at radius 3 is 2.38 bits per heavy atom. The SMILES string of the molecule is CC(=O)c1ccc(N2CCC(C(=O)[C@@]3(N(C)C(=O)O)CNC[C@H]3c3ccc(Cl)cc3)CC2)nc1. The number of nitrogens with zero attached hydrogens (tertiary/aromatic N) is 3. The quantitative estimate of drug-likeness (QED) is 0.605. The van der Waals surface area contributed by atoms with Gasteiger partial charge in [0.15, 0.2) is 11.6 Å². The summed E-state index contributed by atoms with van der Waals surface area (Å²) >= 11 is 6.06. The summed E-state index contributed by atoms with van der Waals surface area (Å²) in [7, 11) is 1.49. The first-order valence-electron chi connectivity index (χ1n) is 11.4. The first-order chi connectivity index (χ1) is 16.2. The molecule has 2 fully saturated rings. The molecule has 34 heavy (non-hydrogen) atoms. The number of hydrogen-bond acceptors (Lipinski definition) is 6. The highest BCUT2D eigenvalue weighted by Gasteiger charge is 2.56. The molecule has 2 saturated heterocycles. The van der Waals surface area contributed by atoms with Crippen LogP contribution in [0.3, 0.4) is 0 Å². The van der Waals surface area contributed by atoms with Crippen LogP contribution in [0.4, 0.5) is 10.6 Å². The monoisotopic (exact) mass is 484 g/mol. The van der Waals surface area contributed by atoms with Gasteiger partial charge in [0.2, 0.25) is 0 Å². The lowest BCUT2D eigenvalue weighted by Crippen LogP contribution is -2.61. The van der Waals surface area contributed by atoms with Crippen LogP contribution in [0.2, 0.25) is 5.02 Å². The van der Waals surface area contributed by atoms with Crippen molar-refractivity contribution in [3.8, 4) is 0 Å². The maximum absolute atomic E-state index is 14.0. The van der Waals surface area contributed by atoms with Crippen molar-refractivity contribution in [1.29, 1.82) is 0 Å². The molecular formula is C25H29ClN4O4. The maximum atomic E-state index is 14.0. The van der Waals surface area contributed by atoms with E-state index in [4.69, 9.17) is 11.6 Å². The summed E-state index contributed by atoms with van der Waals surface area (Å²) < 4.78 is 0. The second-order valence-electron chi connectivity index (χ2n) is 9.09. The van der Waals surface area contributed by atoms with E-state index in [0.29, 0.717) is 43.1 Å². The Bertz CT molecular complexity index is 1070. The van der Waals surface area contributed by atoms with Gasteiger partial charge < -0.3 is 15.3 Å². The van der Waals surface area contributed by atoms with Crippen molar-refractivity contribution in [3.05, 3.63) is 58.7 Å². The lowest BCUT2D eigenvalue weighted by molar-refractivity contribution is -0.134. The number of hydrogen-bond donors (Lipinski definition) is 2. The van der Waals surface area contributed by atoms with Crippen molar-refractivity contribution in [1.82, 2.24) is 15.2 Å². The molecule has 8 nitrogen and oxygen atoms in total. The van der Waals surface area contributed by atoms with Gasteiger partial charge in [-0.05, 0) is 49.6 Å². The molecule has 9 heteroatoms. The number of pyridine rings is 1. The minimum absolute atomic E-state index is 0.0309.